The lowest BCUT2D eigenvalue weighted by atomic mass is 9.97. The number of alkyl halides is 3. The molecule has 12 heteroatoms. The molecule has 0 radical (unpaired) electrons. The van der Waals surface area contributed by atoms with E-state index in [1.165, 1.54) is 12.1 Å². The zero-order valence-corrected chi connectivity index (χ0v) is 21.7. The second-order valence-electron chi connectivity index (χ2n) is 9.35. The average molecular weight is 557 g/mol. The number of pyridine rings is 1. The van der Waals surface area contributed by atoms with Gasteiger partial charge in [0.25, 0.3) is 5.91 Å². The van der Waals surface area contributed by atoms with Gasteiger partial charge in [-0.15, -0.1) is 0 Å². The molecular formula is C27H27F3N6O2S. The molecule has 0 bridgehead atoms. The summed E-state index contributed by atoms with van der Waals surface area (Å²) in [5.41, 5.74) is 0.0260. The first-order chi connectivity index (χ1) is 18.8. The number of nitrogens with one attached hydrogen (secondary N) is 2. The number of benzene rings is 1. The number of nitrogens with zero attached hydrogens (tertiary/aromatic N) is 4. The van der Waals surface area contributed by atoms with Crippen LogP contribution in [-0.2, 0) is 17.5 Å². The van der Waals surface area contributed by atoms with Gasteiger partial charge in [-0.05, 0) is 55.6 Å². The first-order valence-corrected chi connectivity index (χ1v) is 13.4. The molecule has 0 aliphatic carbocycles. The highest BCUT2D eigenvalue weighted by atomic mass is 32.2. The minimum atomic E-state index is -4.44. The van der Waals surface area contributed by atoms with E-state index in [2.05, 4.69) is 30.5 Å². The minimum Gasteiger partial charge on any atom is -0.364 e. The summed E-state index contributed by atoms with van der Waals surface area (Å²) in [6, 6.07) is 12.3. The van der Waals surface area contributed by atoms with E-state index in [0.717, 1.165) is 50.3 Å². The molecule has 2 fully saturated rings. The third kappa shape index (κ3) is 6.75. The Bertz CT molecular complexity index is 1360. The molecule has 39 heavy (non-hydrogen) atoms. The lowest BCUT2D eigenvalue weighted by Crippen LogP contribution is -2.38. The van der Waals surface area contributed by atoms with E-state index in [9.17, 15) is 23.1 Å². The predicted octanol–water partition coefficient (Wildman–Crippen LogP) is 4.04. The molecule has 1 unspecified atom stereocenters. The number of aliphatic hydroxyl groups is 1. The number of aliphatic hydroxyl groups excluding tert-OH is 1. The van der Waals surface area contributed by atoms with Crippen molar-refractivity contribution in [3.05, 3.63) is 76.6 Å². The van der Waals surface area contributed by atoms with Crippen LogP contribution in [0.25, 0.3) is 17.3 Å². The second kappa shape index (κ2) is 11.7. The van der Waals surface area contributed by atoms with Gasteiger partial charge < -0.3 is 20.6 Å². The first-order valence-electron chi connectivity index (χ1n) is 12.5. The summed E-state index contributed by atoms with van der Waals surface area (Å²) in [4.78, 5) is 27.8. The van der Waals surface area contributed by atoms with Crippen LogP contribution in [0, 0.1) is 5.92 Å². The number of piperidine rings is 1. The zero-order valence-electron chi connectivity index (χ0n) is 20.9. The summed E-state index contributed by atoms with van der Waals surface area (Å²) in [7, 11) is 0. The molecule has 0 saturated carbocycles. The largest absolute Gasteiger partial charge is 0.417 e. The maximum absolute atomic E-state index is 13.4. The van der Waals surface area contributed by atoms with Gasteiger partial charge >= 0.3 is 6.18 Å². The lowest BCUT2D eigenvalue weighted by Gasteiger charge is -2.32. The number of halogens is 3. The normalized spacial score (nSPS) is 19.5. The van der Waals surface area contributed by atoms with Crippen molar-refractivity contribution in [1.82, 2.24) is 25.6 Å². The molecule has 1 amide bonds. The molecule has 2 aliphatic rings. The summed E-state index contributed by atoms with van der Waals surface area (Å²) in [5.74, 6) is 0.703. The maximum Gasteiger partial charge on any atom is 0.417 e. The number of rotatable bonds is 7. The van der Waals surface area contributed by atoms with Crippen molar-refractivity contribution >= 4 is 29.7 Å². The molecule has 2 aromatic heterocycles. The van der Waals surface area contributed by atoms with Crippen LogP contribution < -0.4 is 15.5 Å². The summed E-state index contributed by atoms with van der Waals surface area (Å²) in [6.45, 7) is 2.79. The van der Waals surface area contributed by atoms with E-state index in [1.54, 1.807) is 36.5 Å². The maximum atomic E-state index is 13.4. The number of carbonyl (C=O) groups is 1. The van der Waals surface area contributed by atoms with Crippen LogP contribution in [0.1, 0.15) is 29.8 Å². The van der Waals surface area contributed by atoms with Crippen molar-refractivity contribution in [2.45, 2.75) is 31.1 Å². The van der Waals surface area contributed by atoms with Gasteiger partial charge in [-0.3, -0.25) is 9.78 Å². The van der Waals surface area contributed by atoms with Crippen molar-refractivity contribution in [1.29, 1.82) is 0 Å². The van der Waals surface area contributed by atoms with Crippen molar-refractivity contribution in [3.8, 4) is 11.3 Å². The lowest BCUT2D eigenvalue weighted by molar-refractivity contribution is -0.137. The van der Waals surface area contributed by atoms with E-state index in [-0.39, 0.29) is 11.5 Å². The monoisotopic (exact) mass is 556 g/mol. The molecule has 0 spiro atoms. The number of hydrogen-bond donors (Lipinski definition) is 3. The van der Waals surface area contributed by atoms with Crippen LogP contribution >= 0.6 is 11.8 Å². The molecule has 5 rings (SSSR count). The molecule has 8 nitrogen and oxygen atoms in total. The van der Waals surface area contributed by atoms with Crippen LogP contribution in [0.2, 0.25) is 0 Å². The number of amides is 1. The third-order valence-corrected chi connectivity index (χ3v) is 7.51. The van der Waals surface area contributed by atoms with Gasteiger partial charge in [0.1, 0.15) is 0 Å². The van der Waals surface area contributed by atoms with Crippen LogP contribution in [0.4, 0.5) is 19.1 Å². The standard InChI is InChI=1S/C27H27F3N6O2S/c28-27(29,30)21-6-2-1-5-20(21)22-7-3-4-19(33-22)16-31-15-17-9-12-36(13-10-17)25-32-11-8-18(34-25)14-23-24(37)35-26(38)39-23/h1-8,11,14,17,26,31,38H,9-10,12-13,15-16H2,(H,35,37). The first kappa shape index (κ1) is 27.1. The summed E-state index contributed by atoms with van der Waals surface area (Å²) in [6.07, 6.45) is 0.713. The molecule has 2 aliphatic heterocycles. The Morgan fingerprint density at radius 2 is 1.90 bits per heavy atom. The Morgan fingerprint density at radius 1 is 1.10 bits per heavy atom. The van der Waals surface area contributed by atoms with E-state index in [4.69, 9.17) is 0 Å². The van der Waals surface area contributed by atoms with Crippen molar-refractivity contribution < 1.29 is 23.1 Å². The van der Waals surface area contributed by atoms with Gasteiger partial charge in [-0.25, -0.2) is 9.97 Å². The molecule has 3 aromatic rings. The fraction of sp³-hybridized carbons (Fsp3) is 0.333. The molecule has 4 heterocycles. The molecular weight excluding hydrogens is 529 g/mol. The third-order valence-electron chi connectivity index (χ3n) is 6.61. The SMILES string of the molecule is O=C1NC(O)SC1=Cc1ccnc(N2CCC(CNCc3cccc(-c4ccccc4C(F)(F)F)n3)CC2)n1. The summed E-state index contributed by atoms with van der Waals surface area (Å²) >= 11 is 1.04. The van der Waals surface area contributed by atoms with Crippen LogP contribution in [0.15, 0.2) is 59.6 Å². The Morgan fingerprint density at radius 3 is 2.64 bits per heavy atom. The molecule has 1 atom stereocenters. The van der Waals surface area contributed by atoms with Crippen molar-refractivity contribution in [2.24, 2.45) is 5.92 Å². The Hall–Kier alpha value is -3.48. The van der Waals surface area contributed by atoms with Gasteiger partial charge in [-0.2, -0.15) is 13.2 Å². The number of thioether (sulfide) groups is 1. The van der Waals surface area contributed by atoms with E-state index in [0.29, 0.717) is 40.4 Å². The fourth-order valence-electron chi connectivity index (χ4n) is 4.64. The Labute approximate surface area is 227 Å². The zero-order chi connectivity index (χ0) is 27.4. The quantitative estimate of drug-likeness (QED) is 0.375. The van der Waals surface area contributed by atoms with Crippen LogP contribution in [0.5, 0.6) is 0 Å². The Kier molecular flexibility index (Phi) is 8.15. The van der Waals surface area contributed by atoms with Gasteiger partial charge in [0.2, 0.25) is 5.95 Å². The summed E-state index contributed by atoms with van der Waals surface area (Å²) < 4.78 is 40.3. The number of anilines is 1. The average Bonchev–Trinajstić information content (AvgIpc) is 3.25. The van der Waals surface area contributed by atoms with Gasteiger partial charge in [0, 0.05) is 31.4 Å². The van der Waals surface area contributed by atoms with Gasteiger partial charge in [0.05, 0.1) is 27.6 Å². The minimum absolute atomic E-state index is 0.0737. The number of aromatic nitrogens is 3. The Balaban J connectivity index is 1.13. The topological polar surface area (TPSA) is 103 Å². The molecule has 3 N–H and O–H groups in total. The molecule has 2 saturated heterocycles. The van der Waals surface area contributed by atoms with E-state index in [1.807, 2.05) is 6.07 Å². The van der Waals surface area contributed by atoms with Gasteiger partial charge in [-0.1, -0.05) is 36.0 Å². The van der Waals surface area contributed by atoms with E-state index >= 15 is 0 Å². The number of carbonyl (C=O) groups excluding carboxylic acids is 1. The van der Waals surface area contributed by atoms with Crippen molar-refractivity contribution in [3.63, 3.8) is 0 Å². The predicted molar refractivity (Wildman–Crippen MR) is 143 cm³/mol. The van der Waals surface area contributed by atoms with Crippen LogP contribution in [0.3, 0.4) is 0 Å². The highest BCUT2D eigenvalue weighted by Gasteiger charge is 2.33. The van der Waals surface area contributed by atoms with Gasteiger partial charge in [0.15, 0.2) is 5.56 Å². The highest BCUT2D eigenvalue weighted by Crippen LogP contribution is 2.36. The fourth-order valence-corrected chi connectivity index (χ4v) is 5.40. The second-order valence-corrected chi connectivity index (χ2v) is 10.5. The van der Waals surface area contributed by atoms with E-state index < -0.39 is 17.3 Å². The van der Waals surface area contributed by atoms with Crippen molar-refractivity contribution in [2.75, 3.05) is 24.5 Å². The number of hydrogen-bond acceptors (Lipinski definition) is 8. The summed E-state index contributed by atoms with van der Waals surface area (Å²) in [5, 5.41) is 15.4. The molecule has 204 valence electrons. The molecule has 1 aromatic carbocycles. The highest BCUT2D eigenvalue weighted by molar-refractivity contribution is 8.05. The smallest absolute Gasteiger partial charge is 0.364 e. The van der Waals surface area contributed by atoms with Crippen LogP contribution in [-0.4, -0.2) is 51.2 Å².